The molecule has 0 spiro atoms. The molecule has 1 unspecified atom stereocenters. The highest BCUT2D eigenvalue weighted by molar-refractivity contribution is 7.89. The summed E-state index contributed by atoms with van der Waals surface area (Å²) >= 11 is 0. The molecular weight excluding hydrogens is 371 g/mol. The fourth-order valence-corrected chi connectivity index (χ4v) is 3.24. The van der Waals surface area contributed by atoms with Crippen molar-refractivity contribution in [2.24, 2.45) is 0 Å². The van der Waals surface area contributed by atoms with Crippen LogP contribution in [0.15, 0.2) is 71.6 Å². The van der Waals surface area contributed by atoms with Crippen molar-refractivity contribution in [3.63, 3.8) is 0 Å². The molecule has 0 aliphatic carbocycles. The summed E-state index contributed by atoms with van der Waals surface area (Å²) in [5.41, 5.74) is 2.10. The number of rotatable bonds is 6. The smallest absolute Gasteiger partial charge is 0.275 e. The lowest BCUT2D eigenvalue weighted by Gasteiger charge is -2.15. The van der Waals surface area contributed by atoms with Crippen molar-refractivity contribution in [2.75, 3.05) is 0 Å². The molecule has 1 amide bonds. The molecule has 8 heteroatoms. The first kappa shape index (κ1) is 18.8. The number of halogens is 1. The second-order valence-electron chi connectivity index (χ2n) is 5.82. The molecule has 0 saturated carbocycles. The lowest BCUT2D eigenvalue weighted by Crippen LogP contribution is -2.47. The van der Waals surface area contributed by atoms with Gasteiger partial charge in [-0.3, -0.25) is 10.2 Å². The Morgan fingerprint density at radius 2 is 1.67 bits per heavy atom. The van der Waals surface area contributed by atoms with Crippen LogP contribution in [0.2, 0.25) is 0 Å². The molecule has 0 aliphatic rings. The van der Waals surface area contributed by atoms with Gasteiger partial charge in [-0.25, -0.2) is 12.8 Å². The van der Waals surface area contributed by atoms with Crippen LogP contribution in [-0.2, 0) is 14.8 Å². The van der Waals surface area contributed by atoms with Gasteiger partial charge in [0.2, 0.25) is 0 Å². The molecular formula is C19H17FN2O4S. The number of carbonyl (C=O) groups is 1. The van der Waals surface area contributed by atoms with E-state index in [1.807, 2.05) is 35.2 Å². The summed E-state index contributed by atoms with van der Waals surface area (Å²) in [4.78, 5) is 13.9. The molecule has 3 aromatic rings. The van der Waals surface area contributed by atoms with E-state index in [1.165, 1.54) is 6.92 Å². The van der Waals surface area contributed by atoms with Crippen molar-refractivity contribution in [1.82, 2.24) is 10.3 Å². The number of nitrogens with one attached hydrogen (secondary N) is 2. The molecule has 0 aliphatic heterocycles. The van der Waals surface area contributed by atoms with E-state index in [4.69, 9.17) is 4.74 Å². The number of carbonyl (C=O) groups excluding carboxylic acids is 1. The summed E-state index contributed by atoms with van der Waals surface area (Å²) in [7, 11) is -4.01. The number of hydrazine groups is 1. The molecule has 0 heterocycles. The number of hydrogen-bond acceptors (Lipinski definition) is 4. The largest absolute Gasteiger partial charge is 0.481 e. The third-order valence-electron chi connectivity index (χ3n) is 3.84. The van der Waals surface area contributed by atoms with Crippen molar-refractivity contribution in [2.45, 2.75) is 17.9 Å². The summed E-state index contributed by atoms with van der Waals surface area (Å²) < 4.78 is 42.6. The van der Waals surface area contributed by atoms with Gasteiger partial charge in [-0.1, -0.05) is 30.3 Å². The maximum atomic E-state index is 12.9. The Morgan fingerprint density at radius 3 is 2.37 bits per heavy atom. The van der Waals surface area contributed by atoms with E-state index in [0.717, 1.165) is 35.0 Å². The van der Waals surface area contributed by atoms with Gasteiger partial charge >= 0.3 is 0 Å². The first-order chi connectivity index (χ1) is 12.8. The predicted octanol–water partition coefficient (Wildman–Crippen LogP) is 2.76. The Morgan fingerprint density at radius 1 is 1.00 bits per heavy atom. The van der Waals surface area contributed by atoms with Gasteiger partial charge in [-0.2, -0.15) is 0 Å². The maximum absolute atomic E-state index is 12.9. The van der Waals surface area contributed by atoms with E-state index in [-0.39, 0.29) is 4.90 Å². The van der Waals surface area contributed by atoms with Gasteiger partial charge in [-0.05, 0) is 54.1 Å². The van der Waals surface area contributed by atoms with Crippen LogP contribution in [-0.4, -0.2) is 20.4 Å². The van der Waals surface area contributed by atoms with Crippen molar-refractivity contribution >= 4 is 26.7 Å². The zero-order valence-corrected chi connectivity index (χ0v) is 15.2. The van der Waals surface area contributed by atoms with E-state index < -0.39 is 27.9 Å². The number of amides is 1. The van der Waals surface area contributed by atoms with Crippen molar-refractivity contribution in [1.29, 1.82) is 0 Å². The van der Waals surface area contributed by atoms with E-state index in [9.17, 15) is 17.6 Å². The van der Waals surface area contributed by atoms with Crippen LogP contribution in [0.1, 0.15) is 6.92 Å². The van der Waals surface area contributed by atoms with Crippen LogP contribution >= 0.6 is 0 Å². The average molecular weight is 388 g/mol. The molecule has 1 atom stereocenters. The lowest BCUT2D eigenvalue weighted by molar-refractivity contribution is -0.127. The maximum Gasteiger partial charge on any atom is 0.275 e. The zero-order valence-electron chi connectivity index (χ0n) is 14.3. The second kappa shape index (κ2) is 7.73. The van der Waals surface area contributed by atoms with Crippen molar-refractivity contribution in [3.05, 3.63) is 72.5 Å². The number of sulfonamides is 1. The molecule has 3 aromatic carbocycles. The molecule has 0 fully saturated rings. The summed E-state index contributed by atoms with van der Waals surface area (Å²) in [6.45, 7) is 1.50. The molecule has 27 heavy (non-hydrogen) atoms. The number of hydrogen-bond donors (Lipinski definition) is 2. The fraction of sp³-hybridized carbons (Fsp3) is 0.105. The van der Waals surface area contributed by atoms with Crippen LogP contribution in [0.25, 0.3) is 10.8 Å². The molecule has 3 rings (SSSR count). The Balaban J connectivity index is 1.62. The summed E-state index contributed by atoms with van der Waals surface area (Å²) in [6.07, 6.45) is -0.943. The van der Waals surface area contributed by atoms with E-state index in [1.54, 1.807) is 12.1 Å². The van der Waals surface area contributed by atoms with Crippen LogP contribution in [0.3, 0.4) is 0 Å². The Hall–Kier alpha value is -2.97. The highest BCUT2D eigenvalue weighted by Gasteiger charge is 2.19. The third kappa shape index (κ3) is 4.60. The quantitative estimate of drug-likeness (QED) is 0.636. The molecule has 0 aromatic heterocycles. The normalized spacial score (nSPS) is 12.5. The van der Waals surface area contributed by atoms with Crippen LogP contribution in [0.4, 0.5) is 4.39 Å². The monoisotopic (exact) mass is 388 g/mol. The van der Waals surface area contributed by atoms with Gasteiger partial charge < -0.3 is 4.74 Å². The molecule has 140 valence electrons. The van der Waals surface area contributed by atoms with Crippen molar-refractivity contribution in [3.8, 4) is 5.75 Å². The molecule has 0 bridgehead atoms. The van der Waals surface area contributed by atoms with Crippen molar-refractivity contribution < 1.29 is 22.3 Å². The highest BCUT2D eigenvalue weighted by atomic mass is 32.2. The third-order valence-corrected chi connectivity index (χ3v) is 5.10. The lowest BCUT2D eigenvalue weighted by atomic mass is 10.1. The first-order valence-corrected chi connectivity index (χ1v) is 9.56. The fourth-order valence-electron chi connectivity index (χ4n) is 2.39. The molecule has 0 saturated heterocycles. The minimum Gasteiger partial charge on any atom is -0.481 e. The van der Waals surface area contributed by atoms with E-state index in [0.29, 0.717) is 5.75 Å². The minimum absolute atomic E-state index is 0.174. The van der Waals surface area contributed by atoms with Crippen LogP contribution in [0, 0.1) is 5.82 Å². The molecule has 0 radical (unpaired) electrons. The van der Waals surface area contributed by atoms with Gasteiger partial charge in [0, 0.05) is 0 Å². The molecule has 2 N–H and O–H groups in total. The Labute approximate surface area is 156 Å². The number of benzene rings is 3. The average Bonchev–Trinajstić information content (AvgIpc) is 2.66. The summed E-state index contributed by atoms with van der Waals surface area (Å²) in [5.74, 6) is -0.748. The summed E-state index contributed by atoms with van der Waals surface area (Å²) in [6, 6.07) is 17.3. The standard InChI is InChI=1S/C19H17FN2O4S/c1-13(26-17-9-6-14-4-2-3-5-15(14)12-17)19(23)21-22-27(24,25)18-10-7-16(20)8-11-18/h2-13,22H,1H3,(H,21,23). The van der Waals surface area contributed by atoms with Gasteiger partial charge in [0.05, 0.1) is 4.90 Å². The predicted molar refractivity (Wildman–Crippen MR) is 98.9 cm³/mol. The van der Waals surface area contributed by atoms with Crippen LogP contribution in [0.5, 0.6) is 5.75 Å². The van der Waals surface area contributed by atoms with E-state index in [2.05, 4.69) is 5.43 Å². The Kier molecular flexibility index (Phi) is 5.38. The SMILES string of the molecule is CC(Oc1ccc2ccccc2c1)C(=O)NNS(=O)(=O)c1ccc(F)cc1. The van der Waals surface area contributed by atoms with Gasteiger partial charge in [0.15, 0.2) is 6.10 Å². The topological polar surface area (TPSA) is 84.5 Å². The number of ether oxygens (including phenoxy) is 1. The highest BCUT2D eigenvalue weighted by Crippen LogP contribution is 2.21. The van der Waals surface area contributed by atoms with Gasteiger partial charge in [0.1, 0.15) is 11.6 Å². The Bertz CT molecular complexity index is 1070. The van der Waals surface area contributed by atoms with Gasteiger partial charge in [0.25, 0.3) is 15.9 Å². The van der Waals surface area contributed by atoms with E-state index >= 15 is 0 Å². The summed E-state index contributed by atoms with van der Waals surface area (Å²) in [5, 5.41) is 1.99. The van der Waals surface area contributed by atoms with Gasteiger partial charge in [-0.15, -0.1) is 4.83 Å². The number of fused-ring (bicyclic) bond motifs is 1. The minimum atomic E-state index is -4.01. The first-order valence-electron chi connectivity index (χ1n) is 8.08. The molecule has 6 nitrogen and oxygen atoms in total. The zero-order chi connectivity index (χ0) is 19.4. The second-order valence-corrected chi connectivity index (χ2v) is 7.50. The van der Waals surface area contributed by atoms with Crippen LogP contribution < -0.4 is 15.0 Å².